The van der Waals surface area contributed by atoms with Gasteiger partial charge in [0.1, 0.15) is 5.82 Å². The number of nitrogens with zero attached hydrogens (tertiary/aromatic N) is 2. The molecule has 1 aromatic carbocycles. The van der Waals surface area contributed by atoms with Crippen LogP contribution in [0, 0.1) is 0 Å². The lowest BCUT2D eigenvalue weighted by Gasteiger charge is -2.21. The number of hydrogen-bond acceptors (Lipinski definition) is 6. The van der Waals surface area contributed by atoms with Gasteiger partial charge in [-0.1, -0.05) is 39.3 Å². The maximum absolute atomic E-state index is 12.5. The van der Waals surface area contributed by atoms with Gasteiger partial charge in [-0.3, -0.25) is 4.79 Å². The van der Waals surface area contributed by atoms with Crippen molar-refractivity contribution in [2.45, 2.75) is 51.6 Å². The van der Waals surface area contributed by atoms with Gasteiger partial charge in [-0.05, 0) is 41.2 Å². The number of aromatic nitrogens is 2. The molecule has 0 aliphatic carbocycles. The first-order valence-electron chi connectivity index (χ1n) is 9.18. The number of rotatable bonds is 6. The average Bonchev–Trinajstić information content (AvgIpc) is 2.61. The number of benzene rings is 1. The zero-order valence-corrected chi connectivity index (χ0v) is 18.9. The maximum atomic E-state index is 12.5. The monoisotopic (exact) mass is 453 g/mol. The summed E-state index contributed by atoms with van der Waals surface area (Å²) in [4.78, 5) is 31.1. The summed E-state index contributed by atoms with van der Waals surface area (Å²) in [5, 5.41) is 4.88. The van der Waals surface area contributed by atoms with Gasteiger partial charge in [-0.2, -0.15) is 13.4 Å². The topological polar surface area (TPSA) is 130 Å². The lowest BCUT2D eigenvalue weighted by molar-refractivity contribution is -0.114. The first-order valence-corrected chi connectivity index (χ1v) is 11.0. The molecule has 0 bridgehead atoms. The van der Waals surface area contributed by atoms with E-state index in [9.17, 15) is 18.0 Å². The molecule has 0 fully saturated rings. The molecule has 30 heavy (non-hydrogen) atoms. The highest BCUT2D eigenvalue weighted by Crippen LogP contribution is 2.35. The highest BCUT2D eigenvalue weighted by atomic mass is 35.5. The van der Waals surface area contributed by atoms with E-state index in [-0.39, 0.29) is 17.7 Å². The van der Waals surface area contributed by atoms with Crippen molar-refractivity contribution in [1.29, 1.82) is 0 Å². The van der Waals surface area contributed by atoms with Crippen molar-refractivity contribution in [2.24, 2.45) is 0 Å². The molecule has 0 aliphatic heterocycles. The van der Waals surface area contributed by atoms with Crippen molar-refractivity contribution in [1.82, 2.24) is 14.7 Å². The number of carbonyl (C=O) groups excluding carboxylic acids is 2. The Morgan fingerprint density at radius 2 is 1.60 bits per heavy atom. The second-order valence-corrected chi connectivity index (χ2v) is 9.25. The van der Waals surface area contributed by atoms with Gasteiger partial charge in [0.05, 0.1) is 0 Å². The van der Waals surface area contributed by atoms with Crippen LogP contribution in [0.15, 0.2) is 29.6 Å². The van der Waals surface area contributed by atoms with E-state index in [0.717, 1.165) is 17.3 Å². The van der Waals surface area contributed by atoms with Gasteiger partial charge in [0, 0.05) is 23.8 Å². The molecule has 3 amide bonds. The second kappa shape index (κ2) is 9.40. The van der Waals surface area contributed by atoms with Crippen LogP contribution in [0.25, 0.3) is 0 Å². The SMILES string of the molecule is CC(=O)Nc1ccnc(S(=O)(=O)NC(=O)Nc2c(C(C)C)cc(Cl)cc2C(C)C)n1. The van der Waals surface area contributed by atoms with Crippen LogP contribution < -0.4 is 15.4 Å². The van der Waals surface area contributed by atoms with E-state index in [2.05, 4.69) is 20.6 Å². The fourth-order valence-electron chi connectivity index (χ4n) is 2.73. The number of urea groups is 1. The van der Waals surface area contributed by atoms with Gasteiger partial charge in [0.15, 0.2) is 0 Å². The summed E-state index contributed by atoms with van der Waals surface area (Å²) in [6.07, 6.45) is 1.16. The zero-order chi connectivity index (χ0) is 22.6. The van der Waals surface area contributed by atoms with Crippen molar-refractivity contribution in [3.8, 4) is 0 Å². The fraction of sp³-hybridized carbons (Fsp3) is 0.368. The number of sulfonamides is 1. The summed E-state index contributed by atoms with van der Waals surface area (Å²) in [6, 6.07) is 3.84. The summed E-state index contributed by atoms with van der Waals surface area (Å²) in [7, 11) is -4.37. The van der Waals surface area contributed by atoms with Gasteiger partial charge < -0.3 is 10.6 Å². The molecule has 2 rings (SSSR count). The summed E-state index contributed by atoms with van der Waals surface area (Å²) in [6.45, 7) is 9.02. The van der Waals surface area contributed by atoms with Gasteiger partial charge in [0.2, 0.25) is 5.91 Å². The molecule has 9 nitrogen and oxygen atoms in total. The van der Waals surface area contributed by atoms with Crippen LogP contribution in [0.3, 0.4) is 0 Å². The number of carbonyl (C=O) groups is 2. The molecule has 162 valence electrons. The molecular weight excluding hydrogens is 430 g/mol. The Morgan fingerprint density at radius 1 is 1.03 bits per heavy atom. The molecular formula is C19H24ClN5O4S. The van der Waals surface area contributed by atoms with E-state index in [1.165, 1.54) is 13.0 Å². The normalized spacial score (nSPS) is 11.5. The molecule has 3 N–H and O–H groups in total. The zero-order valence-electron chi connectivity index (χ0n) is 17.3. The molecule has 1 aromatic heterocycles. The van der Waals surface area contributed by atoms with Crippen LogP contribution in [-0.2, 0) is 14.8 Å². The van der Waals surface area contributed by atoms with E-state index in [1.54, 1.807) is 12.1 Å². The Bertz CT molecular complexity index is 1040. The third kappa shape index (κ3) is 5.90. The molecule has 0 atom stereocenters. The summed E-state index contributed by atoms with van der Waals surface area (Å²) in [5.41, 5.74) is 2.07. The van der Waals surface area contributed by atoms with Crippen molar-refractivity contribution in [3.63, 3.8) is 0 Å². The second-order valence-electron chi connectivity index (χ2n) is 7.23. The fourth-order valence-corrected chi connectivity index (χ4v) is 3.77. The number of nitrogens with one attached hydrogen (secondary N) is 3. The summed E-state index contributed by atoms with van der Waals surface area (Å²) in [5.74, 6) is -0.357. The van der Waals surface area contributed by atoms with E-state index in [1.807, 2.05) is 32.4 Å². The van der Waals surface area contributed by atoms with Crippen LogP contribution in [-0.4, -0.2) is 30.3 Å². The van der Waals surface area contributed by atoms with Gasteiger partial charge >= 0.3 is 16.1 Å². The third-order valence-electron chi connectivity index (χ3n) is 4.05. The molecule has 0 saturated heterocycles. The Kier molecular flexibility index (Phi) is 7.38. The van der Waals surface area contributed by atoms with Crippen LogP contribution in [0.2, 0.25) is 5.02 Å². The van der Waals surface area contributed by atoms with Crippen LogP contribution in [0.4, 0.5) is 16.3 Å². The highest BCUT2D eigenvalue weighted by Gasteiger charge is 2.24. The van der Waals surface area contributed by atoms with E-state index in [0.29, 0.717) is 10.7 Å². The summed E-state index contributed by atoms with van der Waals surface area (Å²) >= 11 is 6.21. The minimum absolute atomic E-state index is 0.000160. The molecule has 11 heteroatoms. The minimum atomic E-state index is -4.37. The van der Waals surface area contributed by atoms with E-state index < -0.39 is 27.1 Å². The molecule has 1 heterocycles. The van der Waals surface area contributed by atoms with Crippen molar-refractivity contribution in [2.75, 3.05) is 10.6 Å². The Hall–Kier alpha value is -2.72. The smallest absolute Gasteiger partial charge is 0.311 e. The lowest BCUT2D eigenvalue weighted by Crippen LogP contribution is -2.36. The minimum Gasteiger partial charge on any atom is -0.311 e. The average molecular weight is 454 g/mol. The molecule has 0 unspecified atom stereocenters. The van der Waals surface area contributed by atoms with Crippen molar-refractivity contribution >= 4 is 45.1 Å². The molecule has 0 aliphatic rings. The number of anilines is 2. The van der Waals surface area contributed by atoms with E-state index >= 15 is 0 Å². The molecule has 2 aromatic rings. The molecule has 0 radical (unpaired) electrons. The Balaban J connectivity index is 2.32. The third-order valence-corrected chi connectivity index (χ3v) is 5.40. The van der Waals surface area contributed by atoms with Crippen molar-refractivity contribution in [3.05, 3.63) is 40.5 Å². The van der Waals surface area contributed by atoms with Gasteiger partial charge in [-0.25, -0.2) is 14.5 Å². The molecule has 0 saturated carbocycles. The number of amides is 3. The largest absolute Gasteiger partial charge is 0.333 e. The molecule has 0 spiro atoms. The van der Waals surface area contributed by atoms with Crippen LogP contribution >= 0.6 is 11.6 Å². The first-order chi connectivity index (χ1) is 13.9. The highest BCUT2D eigenvalue weighted by molar-refractivity contribution is 7.89. The van der Waals surface area contributed by atoms with Gasteiger partial charge in [-0.15, -0.1) is 0 Å². The van der Waals surface area contributed by atoms with Crippen molar-refractivity contribution < 1.29 is 18.0 Å². The Labute approximate surface area is 180 Å². The lowest BCUT2D eigenvalue weighted by atomic mass is 9.92. The number of hydrogen-bond donors (Lipinski definition) is 3. The van der Waals surface area contributed by atoms with Crippen LogP contribution in [0.5, 0.6) is 0 Å². The predicted octanol–water partition coefficient (Wildman–Crippen LogP) is 3.85. The summed E-state index contributed by atoms with van der Waals surface area (Å²) < 4.78 is 27.0. The predicted molar refractivity (Wildman–Crippen MR) is 115 cm³/mol. The number of halogens is 1. The van der Waals surface area contributed by atoms with Gasteiger partial charge in [0.25, 0.3) is 5.16 Å². The quantitative estimate of drug-likeness (QED) is 0.569. The first kappa shape index (κ1) is 23.6. The standard InChI is InChI=1S/C19H24ClN5O4S/c1-10(2)14-8-13(20)9-15(11(3)4)17(14)24-18(27)25-30(28,29)19-21-7-6-16(23-19)22-12(5)26/h6-11H,1-5H3,(H2,24,25,27)(H,21,22,23,26). The Morgan fingerprint density at radius 3 is 2.10 bits per heavy atom. The van der Waals surface area contributed by atoms with E-state index in [4.69, 9.17) is 11.6 Å². The maximum Gasteiger partial charge on any atom is 0.333 e. The van der Waals surface area contributed by atoms with Crippen LogP contribution in [0.1, 0.15) is 57.6 Å².